The van der Waals surface area contributed by atoms with Crippen molar-refractivity contribution < 1.29 is 21.6 Å². The van der Waals surface area contributed by atoms with Gasteiger partial charge in [0.15, 0.2) is 17.0 Å². The van der Waals surface area contributed by atoms with Gasteiger partial charge in [0.2, 0.25) is 16.0 Å². The average Bonchev–Trinajstić information content (AvgIpc) is 3.58. The molecule has 212 valence electrons. The lowest BCUT2D eigenvalue weighted by Crippen LogP contribution is -2.33. The van der Waals surface area contributed by atoms with Crippen LogP contribution < -0.4 is 21.1 Å². The molecule has 0 unspecified atom stereocenters. The van der Waals surface area contributed by atoms with Crippen LogP contribution in [0.25, 0.3) is 11.2 Å². The number of sulfonamides is 1. The van der Waals surface area contributed by atoms with Gasteiger partial charge < -0.3 is 20.9 Å². The predicted molar refractivity (Wildman–Crippen MR) is 142 cm³/mol. The Morgan fingerprint density at radius 2 is 1.67 bits per heavy atom. The number of fused-ring (bicyclic) bond motifs is 1. The zero-order chi connectivity index (χ0) is 27.6. The summed E-state index contributed by atoms with van der Waals surface area (Å²) in [6.45, 7) is 0.168. The average molecular weight is 567 g/mol. The Labute approximate surface area is 225 Å². The van der Waals surface area contributed by atoms with Gasteiger partial charge in [0, 0.05) is 31.2 Å². The highest BCUT2D eigenvalue weighted by Gasteiger charge is 2.30. The fourth-order valence-corrected chi connectivity index (χ4v) is 6.30. The van der Waals surface area contributed by atoms with Crippen molar-refractivity contribution in [2.75, 3.05) is 23.7 Å². The molecule has 0 atom stereocenters. The van der Waals surface area contributed by atoms with Gasteiger partial charge in [-0.2, -0.15) is 23.1 Å². The number of hydrogen-bond acceptors (Lipinski definition) is 8. The molecule has 2 aliphatic rings. The van der Waals surface area contributed by atoms with E-state index < -0.39 is 21.8 Å². The van der Waals surface area contributed by atoms with E-state index in [9.17, 15) is 21.6 Å². The van der Waals surface area contributed by atoms with Crippen molar-refractivity contribution in [1.82, 2.24) is 24.2 Å². The van der Waals surface area contributed by atoms with E-state index in [1.165, 1.54) is 0 Å². The quantitative estimate of drug-likeness (QED) is 0.285. The third kappa shape index (κ3) is 6.44. The second-order valence-corrected chi connectivity index (χ2v) is 12.0. The van der Waals surface area contributed by atoms with Crippen LogP contribution in [0.5, 0.6) is 0 Å². The molecule has 10 nitrogen and oxygen atoms in total. The summed E-state index contributed by atoms with van der Waals surface area (Å²) in [6, 6.07) is 4.15. The standard InChI is InChI=1S/C25H33F3N8O2S/c26-25(27,28)16-5-11-20(12-6-16)39(37,38)32-14-13-30-22-21-23(36(15-31-21)19-3-1-2-4-19)35-24(34-22)33-18-9-7-17(29)8-10-18/h5-6,11-12,15,17-19,32H,1-4,7-10,13-14,29H2,(H2,30,33,34,35). The number of aromatic nitrogens is 4. The van der Waals surface area contributed by atoms with Crippen molar-refractivity contribution in [3.05, 3.63) is 36.2 Å². The molecule has 2 aliphatic carbocycles. The first-order valence-electron chi connectivity index (χ1n) is 13.3. The summed E-state index contributed by atoms with van der Waals surface area (Å²) in [4.78, 5) is 13.8. The van der Waals surface area contributed by atoms with Crippen LogP contribution in [0.15, 0.2) is 35.5 Å². The highest BCUT2D eigenvalue weighted by Crippen LogP contribution is 2.33. The van der Waals surface area contributed by atoms with E-state index in [-0.39, 0.29) is 30.1 Å². The molecule has 39 heavy (non-hydrogen) atoms. The lowest BCUT2D eigenvalue weighted by atomic mass is 9.92. The molecule has 2 aromatic heterocycles. The summed E-state index contributed by atoms with van der Waals surface area (Å²) in [7, 11) is -3.99. The Morgan fingerprint density at radius 1 is 0.974 bits per heavy atom. The van der Waals surface area contributed by atoms with Crippen LogP contribution in [0.2, 0.25) is 0 Å². The van der Waals surface area contributed by atoms with Crippen LogP contribution in [-0.4, -0.2) is 53.1 Å². The number of halogens is 3. The molecule has 0 amide bonds. The highest BCUT2D eigenvalue weighted by atomic mass is 32.2. The Hall–Kier alpha value is -2.97. The lowest BCUT2D eigenvalue weighted by molar-refractivity contribution is -0.137. The zero-order valence-electron chi connectivity index (χ0n) is 21.4. The summed E-state index contributed by atoms with van der Waals surface area (Å²) < 4.78 is 68.1. The molecule has 0 spiro atoms. The molecule has 3 aromatic rings. The van der Waals surface area contributed by atoms with Crippen molar-refractivity contribution in [1.29, 1.82) is 0 Å². The van der Waals surface area contributed by atoms with Crippen LogP contribution in [0.4, 0.5) is 24.9 Å². The molecule has 0 radical (unpaired) electrons. The second kappa shape index (κ2) is 11.3. The van der Waals surface area contributed by atoms with Gasteiger partial charge in [-0.3, -0.25) is 0 Å². The number of benzene rings is 1. The summed E-state index contributed by atoms with van der Waals surface area (Å²) in [5, 5.41) is 6.61. The first-order valence-corrected chi connectivity index (χ1v) is 14.8. The van der Waals surface area contributed by atoms with Gasteiger partial charge in [0.1, 0.15) is 0 Å². The molecule has 2 fully saturated rings. The van der Waals surface area contributed by atoms with Gasteiger partial charge in [-0.15, -0.1) is 0 Å². The monoisotopic (exact) mass is 566 g/mol. The molecule has 5 rings (SSSR count). The Bertz CT molecular complexity index is 1380. The van der Waals surface area contributed by atoms with Gasteiger partial charge in [0.25, 0.3) is 0 Å². The number of alkyl halides is 3. The van der Waals surface area contributed by atoms with E-state index in [1.807, 2.05) is 0 Å². The van der Waals surface area contributed by atoms with Crippen molar-refractivity contribution in [3.8, 4) is 0 Å². The maximum Gasteiger partial charge on any atom is 0.416 e. The largest absolute Gasteiger partial charge is 0.416 e. The molecule has 2 heterocycles. The van der Waals surface area contributed by atoms with Crippen LogP contribution >= 0.6 is 0 Å². The molecular formula is C25H33F3N8O2S. The Kier molecular flexibility index (Phi) is 7.96. The number of nitrogens with one attached hydrogen (secondary N) is 3. The summed E-state index contributed by atoms with van der Waals surface area (Å²) >= 11 is 0. The normalized spacial score (nSPS) is 20.9. The minimum absolute atomic E-state index is 0.0124. The van der Waals surface area contributed by atoms with Gasteiger partial charge >= 0.3 is 6.18 Å². The number of rotatable bonds is 9. The number of imidazole rings is 1. The number of nitrogens with zero attached hydrogens (tertiary/aromatic N) is 4. The van der Waals surface area contributed by atoms with E-state index in [1.54, 1.807) is 6.33 Å². The molecule has 0 aliphatic heterocycles. The number of nitrogens with two attached hydrogens (primary N) is 1. The molecule has 0 saturated heterocycles. The minimum atomic E-state index is -4.54. The SMILES string of the molecule is NC1CCC(Nc2nc(NCCNS(=O)(=O)c3ccc(C(F)(F)F)cc3)c3ncn(C4CCCC4)c3n2)CC1. The molecule has 0 bridgehead atoms. The fourth-order valence-electron chi connectivity index (χ4n) is 5.27. The highest BCUT2D eigenvalue weighted by molar-refractivity contribution is 7.89. The van der Waals surface area contributed by atoms with Crippen molar-refractivity contribution in [2.45, 2.75) is 80.6 Å². The van der Waals surface area contributed by atoms with Gasteiger partial charge in [-0.25, -0.2) is 18.1 Å². The first kappa shape index (κ1) is 27.6. The van der Waals surface area contributed by atoms with Crippen LogP contribution in [0, 0.1) is 0 Å². The van der Waals surface area contributed by atoms with E-state index in [0.717, 1.165) is 81.3 Å². The van der Waals surface area contributed by atoms with Gasteiger partial charge in [-0.1, -0.05) is 12.8 Å². The van der Waals surface area contributed by atoms with E-state index in [4.69, 9.17) is 10.7 Å². The van der Waals surface area contributed by atoms with Crippen molar-refractivity contribution >= 4 is 33.0 Å². The van der Waals surface area contributed by atoms with Crippen molar-refractivity contribution in [3.63, 3.8) is 0 Å². The number of hydrogen-bond donors (Lipinski definition) is 4. The predicted octanol–water partition coefficient (Wildman–Crippen LogP) is 4.03. The zero-order valence-corrected chi connectivity index (χ0v) is 22.2. The van der Waals surface area contributed by atoms with Crippen molar-refractivity contribution in [2.24, 2.45) is 5.73 Å². The number of anilines is 2. The van der Waals surface area contributed by atoms with Crippen LogP contribution in [0.1, 0.15) is 63.0 Å². The maximum absolute atomic E-state index is 12.8. The fraction of sp³-hybridized carbons (Fsp3) is 0.560. The molecule has 2 saturated carbocycles. The summed E-state index contributed by atoms with van der Waals surface area (Å²) in [5.74, 6) is 0.969. The Balaban J connectivity index is 1.29. The van der Waals surface area contributed by atoms with E-state index in [0.29, 0.717) is 23.3 Å². The summed E-state index contributed by atoms with van der Waals surface area (Å²) in [5.41, 5.74) is 6.46. The smallest absolute Gasteiger partial charge is 0.367 e. The second-order valence-electron chi connectivity index (χ2n) is 10.3. The molecular weight excluding hydrogens is 533 g/mol. The van der Waals surface area contributed by atoms with Crippen LogP contribution in [-0.2, 0) is 16.2 Å². The molecule has 14 heteroatoms. The Morgan fingerprint density at radius 3 is 2.33 bits per heavy atom. The van der Waals surface area contributed by atoms with Gasteiger partial charge in [-0.05, 0) is 62.8 Å². The van der Waals surface area contributed by atoms with E-state index >= 15 is 0 Å². The van der Waals surface area contributed by atoms with Gasteiger partial charge in [0.05, 0.1) is 16.8 Å². The van der Waals surface area contributed by atoms with Crippen LogP contribution in [0.3, 0.4) is 0 Å². The summed E-state index contributed by atoms with van der Waals surface area (Å²) in [6.07, 6.45) is 5.43. The topological polar surface area (TPSA) is 140 Å². The molecule has 5 N–H and O–H groups in total. The lowest BCUT2D eigenvalue weighted by Gasteiger charge is -2.27. The molecule has 1 aromatic carbocycles. The maximum atomic E-state index is 12.8. The van der Waals surface area contributed by atoms with E-state index in [2.05, 4.69) is 29.9 Å². The third-order valence-corrected chi connectivity index (χ3v) is 8.92. The first-order chi connectivity index (χ1) is 18.6. The third-order valence-electron chi connectivity index (χ3n) is 7.45. The minimum Gasteiger partial charge on any atom is -0.367 e.